The maximum Gasteiger partial charge on any atom is 0.0580 e. The minimum absolute atomic E-state index is 0.0584. The Hall–Kier alpha value is -0.0800. The fraction of sp³-hybridized carbons (Fsp3) is 1.00. The minimum atomic E-state index is -0.0584. The number of ether oxygens (including phenoxy) is 1. The van der Waals surface area contributed by atoms with Crippen LogP contribution < -0.4 is 0 Å². The van der Waals surface area contributed by atoms with Crippen LogP contribution in [0.3, 0.4) is 0 Å². The molecule has 0 saturated heterocycles. The summed E-state index contributed by atoms with van der Waals surface area (Å²) in [5.41, 5.74) is 0. The van der Waals surface area contributed by atoms with Gasteiger partial charge in [0.15, 0.2) is 0 Å². The predicted molar refractivity (Wildman–Crippen MR) is 81.7 cm³/mol. The molecule has 116 valence electrons. The highest BCUT2D eigenvalue weighted by Gasteiger charge is 2.30. The van der Waals surface area contributed by atoms with Gasteiger partial charge in [-0.1, -0.05) is 32.1 Å². The Morgan fingerprint density at radius 3 is 1.65 bits per heavy atom. The van der Waals surface area contributed by atoms with E-state index in [1.54, 1.807) is 0 Å². The molecule has 0 radical (unpaired) electrons. The lowest BCUT2D eigenvalue weighted by Crippen LogP contribution is -2.32. The maximum atomic E-state index is 9.56. The molecule has 3 rings (SSSR count). The molecule has 0 aromatic carbocycles. The highest BCUT2D eigenvalue weighted by Crippen LogP contribution is 2.39. The van der Waals surface area contributed by atoms with E-state index in [1.165, 1.54) is 57.8 Å². The molecule has 0 atom stereocenters. The predicted octanol–water partition coefficient (Wildman–Crippen LogP) is 4.45. The molecule has 0 bridgehead atoms. The Morgan fingerprint density at radius 1 is 0.550 bits per heavy atom. The molecule has 3 fully saturated rings. The minimum Gasteiger partial charge on any atom is -0.393 e. The third kappa shape index (κ3) is 3.98. The normalized spacial score (nSPS) is 40.6. The van der Waals surface area contributed by atoms with E-state index in [4.69, 9.17) is 4.74 Å². The summed E-state index contributed by atoms with van der Waals surface area (Å²) < 4.78 is 6.31. The van der Waals surface area contributed by atoms with Gasteiger partial charge in [-0.15, -0.1) is 0 Å². The lowest BCUT2D eigenvalue weighted by atomic mass is 9.73. The van der Waals surface area contributed by atoms with Crippen molar-refractivity contribution in [3.05, 3.63) is 0 Å². The third-order valence-corrected chi connectivity index (χ3v) is 6.06. The van der Waals surface area contributed by atoms with Crippen molar-refractivity contribution in [2.24, 2.45) is 11.8 Å². The number of hydrogen-bond donors (Lipinski definition) is 1. The molecule has 20 heavy (non-hydrogen) atoms. The quantitative estimate of drug-likeness (QED) is 0.828. The number of aliphatic hydroxyl groups excluding tert-OH is 1. The number of aliphatic hydroxyl groups is 1. The molecule has 1 N–H and O–H groups in total. The summed E-state index contributed by atoms with van der Waals surface area (Å²) in [6, 6.07) is 0. The van der Waals surface area contributed by atoms with Crippen molar-refractivity contribution < 1.29 is 9.84 Å². The van der Waals surface area contributed by atoms with Crippen LogP contribution in [0.2, 0.25) is 0 Å². The van der Waals surface area contributed by atoms with E-state index in [2.05, 4.69) is 0 Å². The first-order chi connectivity index (χ1) is 9.81. The Bertz CT molecular complexity index is 269. The topological polar surface area (TPSA) is 29.5 Å². The van der Waals surface area contributed by atoms with E-state index in [0.29, 0.717) is 12.2 Å². The van der Waals surface area contributed by atoms with Gasteiger partial charge in [0.25, 0.3) is 0 Å². The average molecular weight is 280 g/mol. The maximum absolute atomic E-state index is 9.56. The van der Waals surface area contributed by atoms with Crippen LogP contribution >= 0.6 is 0 Å². The fourth-order valence-electron chi connectivity index (χ4n) is 4.76. The van der Waals surface area contributed by atoms with Gasteiger partial charge in [0.05, 0.1) is 18.3 Å². The molecule has 0 spiro atoms. The molecule has 0 aromatic heterocycles. The second kappa shape index (κ2) is 7.26. The smallest absolute Gasteiger partial charge is 0.0580 e. The van der Waals surface area contributed by atoms with Crippen LogP contribution in [0.15, 0.2) is 0 Å². The highest BCUT2D eigenvalue weighted by molar-refractivity contribution is 4.81. The lowest BCUT2D eigenvalue weighted by Gasteiger charge is -2.37. The van der Waals surface area contributed by atoms with Crippen LogP contribution in [-0.2, 0) is 4.74 Å². The van der Waals surface area contributed by atoms with E-state index >= 15 is 0 Å². The molecule has 2 heteroatoms. The summed E-state index contributed by atoms with van der Waals surface area (Å²) in [5.74, 6) is 2.04. The van der Waals surface area contributed by atoms with Gasteiger partial charge in [0.2, 0.25) is 0 Å². The molecule has 0 aliphatic heterocycles. The Kier molecular flexibility index (Phi) is 5.39. The first kappa shape index (κ1) is 14.8. The largest absolute Gasteiger partial charge is 0.393 e. The second-order valence-corrected chi connectivity index (χ2v) is 7.50. The summed E-state index contributed by atoms with van der Waals surface area (Å²) in [6.07, 6.45) is 17.8. The summed E-state index contributed by atoms with van der Waals surface area (Å²) in [6.45, 7) is 0. The van der Waals surface area contributed by atoms with Gasteiger partial charge in [-0.25, -0.2) is 0 Å². The van der Waals surface area contributed by atoms with Gasteiger partial charge in [0.1, 0.15) is 0 Å². The number of hydrogen-bond acceptors (Lipinski definition) is 2. The first-order valence-corrected chi connectivity index (χ1v) is 9.15. The molecule has 3 aliphatic rings. The fourth-order valence-corrected chi connectivity index (χ4v) is 4.76. The van der Waals surface area contributed by atoms with Crippen LogP contribution in [0.4, 0.5) is 0 Å². The molecular weight excluding hydrogens is 248 g/mol. The van der Waals surface area contributed by atoms with Crippen LogP contribution in [0.25, 0.3) is 0 Å². The summed E-state index contributed by atoms with van der Waals surface area (Å²) in [5, 5.41) is 9.56. The molecule has 0 heterocycles. The van der Waals surface area contributed by atoms with Crippen LogP contribution in [0.1, 0.15) is 83.5 Å². The zero-order valence-electron chi connectivity index (χ0n) is 12.9. The van der Waals surface area contributed by atoms with E-state index in [1.807, 2.05) is 0 Å². The van der Waals surface area contributed by atoms with Crippen molar-refractivity contribution >= 4 is 0 Å². The van der Waals surface area contributed by atoms with E-state index in [-0.39, 0.29) is 6.10 Å². The van der Waals surface area contributed by atoms with Crippen molar-refractivity contribution in [1.29, 1.82) is 0 Å². The van der Waals surface area contributed by atoms with E-state index < -0.39 is 0 Å². The van der Waals surface area contributed by atoms with Gasteiger partial charge in [-0.3, -0.25) is 0 Å². The van der Waals surface area contributed by atoms with Gasteiger partial charge in [-0.05, 0) is 63.2 Å². The molecule has 0 unspecified atom stereocenters. The van der Waals surface area contributed by atoms with Gasteiger partial charge in [0, 0.05) is 0 Å². The molecule has 0 amide bonds. The third-order valence-electron chi connectivity index (χ3n) is 6.06. The van der Waals surface area contributed by atoms with Crippen molar-refractivity contribution in [3.63, 3.8) is 0 Å². The molecule has 0 aromatic rings. The highest BCUT2D eigenvalue weighted by atomic mass is 16.5. The van der Waals surface area contributed by atoms with Crippen molar-refractivity contribution in [2.75, 3.05) is 0 Å². The number of rotatable bonds is 3. The average Bonchev–Trinajstić information content (AvgIpc) is 2.51. The van der Waals surface area contributed by atoms with Crippen LogP contribution in [-0.4, -0.2) is 23.4 Å². The summed E-state index contributed by atoms with van der Waals surface area (Å²) in [4.78, 5) is 0. The van der Waals surface area contributed by atoms with Gasteiger partial charge < -0.3 is 9.84 Å². The van der Waals surface area contributed by atoms with Crippen LogP contribution in [0, 0.1) is 11.8 Å². The van der Waals surface area contributed by atoms with Gasteiger partial charge in [-0.2, -0.15) is 0 Å². The van der Waals surface area contributed by atoms with Crippen molar-refractivity contribution in [1.82, 2.24) is 0 Å². The molecule has 2 nitrogen and oxygen atoms in total. The summed E-state index contributed by atoms with van der Waals surface area (Å²) in [7, 11) is 0. The lowest BCUT2D eigenvalue weighted by molar-refractivity contribution is -0.0682. The van der Waals surface area contributed by atoms with Crippen molar-refractivity contribution in [3.8, 4) is 0 Å². The van der Waals surface area contributed by atoms with E-state index in [9.17, 15) is 5.11 Å². The van der Waals surface area contributed by atoms with E-state index in [0.717, 1.165) is 37.5 Å². The molecule has 3 saturated carbocycles. The monoisotopic (exact) mass is 280 g/mol. The molecule has 3 aliphatic carbocycles. The summed E-state index contributed by atoms with van der Waals surface area (Å²) >= 11 is 0. The standard InChI is InChI=1S/C18H32O2/c19-16-8-12-18(13-9-16)20-17-10-6-15(7-11-17)14-4-2-1-3-5-14/h14-19H,1-13H2. The Labute approximate surface area is 124 Å². The Balaban J connectivity index is 1.37. The molecular formula is C18H32O2. The zero-order chi connectivity index (χ0) is 13.8. The van der Waals surface area contributed by atoms with Crippen molar-refractivity contribution in [2.45, 2.75) is 102 Å². The zero-order valence-corrected chi connectivity index (χ0v) is 12.9. The van der Waals surface area contributed by atoms with Gasteiger partial charge >= 0.3 is 0 Å². The first-order valence-electron chi connectivity index (χ1n) is 9.15. The Morgan fingerprint density at radius 2 is 1.05 bits per heavy atom. The SMILES string of the molecule is OC1CCC(OC2CCC(C3CCCCC3)CC2)CC1. The van der Waals surface area contributed by atoms with Crippen LogP contribution in [0.5, 0.6) is 0 Å². The second-order valence-electron chi connectivity index (χ2n) is 7.50.